The molecule has 4 aromatic carbocycles. The highest BCUT2D eigenvalue weighted by Crippen LogP contribution is 2.36. The maximum absolute atomic E-state index is 12.5. The Kier molecular flexibility index (Phi) is 11.8. The standard InChI is InChI=1S/C38H45NO7/c1-38(2,3)45-37(41)46-39-22-34(24-40)36(35(23-39)44-27-30-15-16-31-11-7-8-12-33(31)21-30)32-17-13-29(14-18-32)26-43-20-19-42-25-28-9-5-4-6-10-28/h4-18,21,34-36,40H,19-20,22-27H2,1-3H3. The van der Waals surface area contributed by atoms with Crippen molar-refractivity contribution in [2.24, 2.45) is 5.92 Å². The van der Waals surface area contributed by atoms with Crippen LogP contribution in [0.1, 0.15) is 48.9 Å². The number of benzene rings is 4. The zero-order valence-electron chi connectivity index (χ0n) is 27.0. The number of carbonyl (C=O) groups excluding carboxylic acids is 1. The first-order valence-electron chi connectivity index (χ1n) is 15.9. The first-order chi connectivity index (χ1) is 22.3. The van der Waals surface area contributed by atoms with E-state index >= 15 is 0 Å². The Labute approximate surface area is 271 Å². The number of nitrogens with zero attached hydrogens (tertiary/aromatic N) is 1. The van der Waals surface area contributed by atoms with Crippen LogP contribution in [0.25, 0.3) is 10.8 Å². The molecule has 244 valence electrons. The second kappa shape index (κ2) is 16.2. The number of carbonyl (C=O) groups is 1. The van der Waals surface area contributed by atoms with Gasteiger partial charge >= 0.3 is 6.16 Å². The van der Waals surface area contributed by atoms with Gasteiger partial charge < -0.3 is 28.9 Å². The zero-order chi connectivity index (χ0) is 32.4. The molecule has 8 nitrogen and oxygen atoms in total. The summed E-state index contributed by atoms with van der Waals surface area (Å²) in [6.07, 6.45) is -1.13. The van der Waals surface area contributed by atoms with Crippen LogP contribution in [-0.2, 0) is 43.6 Å². The Morgan fingerprint density at radius 3 is 2.07 bits per heavy atom. The van der Waals surface area contributed by atoms with Crippen molar-refractivity contribution < 1.29 is 33.7 Å². The number of piperidine rings is 1. The van der Waals surface area contributed by atoms with Crippen molar-refractivity contribution in [2.75, 3.05) is 32.9 Å². The van der Waals surface area contributed by atoms with Gasteiger partial charge in [0.05, 0.1) is 45.7 Å². The van der Waals surface area contributed by atoms with Gasteiger partial charge in [-0.25, -0.2) is 4.79 Å². The van der Waals surface area contributed by atoms with Crippen LogP contribution in [0.5, 0.6) is 0 Å². The molecule has 8 heteroatoms. The van der Waals surface area contributed by atoms with Crippen LogP contribution in [0.3, 0.4) is 0 Å². The zero-order valence-corrected chi connectivity index (χ0v) is 27.0. The molecule has 5 rings (SSSR count). The third-order valence-corrected chi connectivity index (χ3v) is 7.95. The molecule has 1 saturated heterocycles. The van der Waals surface area contributed by atoms with Gasteiger partial charge in [0.1, 0.15) is 5.60 Å². The third kappa shape index (κ3) is 9.85. The molecule has 0 aromatic heterocycles. The molecule has 0 aliphatic carbocycles. The molecular formula is C38H45NO7. The van der Waals surface area contributed by atoms with Crippen LogP contribution in [0.2, 0.25) is 0 Å². The van der Waals surface area contributed by atoms with E-state index in [-0.39, 0.29) is 24.5 Å². The van der Waals surface area contributed by atoms with Gasteiger partial charge in [0.2, 0.25) is 0 Å². The quantitative estimate of drug-likeness (QED) is 0.125. The molecule has 3 unspecified atom stereocenters. The van der Waals surface area contributed by atoms with E-state index in [4.69, 9.17) is 23.8 Å². The number of hydrogen-bond acceptors (Lipinski definition) is 8. The van der Waals surface area contributed by atoms with Gasteiger partial charge in [0.25, 0.3) is 0 Å². The maximum Gasteiger partial charge on any atom is 0.528 e. The summed E-state index contributed by atoms with van der Waals surface area (Å²) >= 11 is 0. The number of hydrogen-bond donors (Lipinski definition) is 1. The van der Waals surface area contributed by atoms with Crippen LogP contribution >= 0.6 is 0 Å². The molecule has 0 radical (unpaired) electrons. The third-order valence-electron chi connectivity index (χ3n) is 7.95. The van der Waals surface area contributed by atoms with Gasteiger partial charge in [-0.15, -0.1) is 5.06 Å². The average Bonchev–Trinajstić information content (AvgIpc) is 3.05. The van der Waals surface area contributed by atoms with Crippen molar-refractivity contribution in [1.29, 1.82) is 0 Å². The fraction of sp³-hybridized carbons (Fsp3) is 0.395. The van der Waals surface area contributed by atoms with E-state index in [2.05, 4.69) is 54.6 Å². The van der Waals surface area contributed by atoms with Gasteiger partial charge in [-0.2, -0.15) is 0 Å². The average molecular weight is 628 g/mol. The summed E-state index contributed by atoms with van der Waals surface area (Å²) in [5.74, 6) is -0.355. The Morgan fingerprint density at radius 2 is 1.39 bits per heavy atom. The van der Waals surface area contributed by atoms with Gasteiger partial charge in [-0.05, 0) is 59.9 Å². The Bertz CT molecular complexity index is 1520. The summed E-state index contributed by atoms with van der Waals surface area (Å²) in [6, 6.07) is 32.9. The number of rotatable bonds is 13. The minimum Gasteiger partial charge on any atom is -0.427 e. The lowest BCUT2D eigenvalue weighted by atomic mass is 9.79. The predicted octanol–water partition coefficient (Wildman–Crippen LogP) is 7.03. The number of ether oxygens (including phenoxy) is 4. The van der Waals surface area contributed by atoms with E-state index in [1.165, 1.54) is 5.39 Å². The van der Waals surface area contributed by atoms with Gasteiger partial charge in [-0.1, -0.05) is 91.0 Å². The minimum atomic E-state index is -0.772. The summed E-state index contributed by atoms with van der Waals surface area (Å²) in [6.45, 7) is 8.41. The largest absolute Gasteiger partial charge is 0.528 e. The van der Waals surface area contributed by atoms with Crippen molar-refractivity contribution in [2.45, 2.75) is 58.2 Å². The van der Waals surface area contributed by atoms with Crippen molar-refractivity contribution >= 4 is 16.9 Å². The second-order valence-corrected chi connectivity index (χ2v) is 12.7. The lowest BCUT2D eigenvalue weighted by molar-refractivity contribution is -0.194. The van der Waals surface area contributed by atoms with Gasteiger partial charge in [0, 0.05) is 25.0 Å². The number of aliphatic hydroxyl groups is 1. The summed E-state index contributed by atoms with van der Waals surface area (Å²) < 4.78 is 23.5. The fourth-order valence-corrected chi connectivity index (χ4v) is 5.77. The molecule has 0 saturated carbocycles. The first-order valence-corrected chi connectivity index (χ1v) is 15.9. The maximum atomic E-state index is 12.5. The van der Waals surface area contributed by atoms with E-state index in [1.54, 1.807) is 25.8 Å². The molecule has 0 bridgehead atoms. The van der Waals surface area contributed by atoms with Gasteiger partial charge in [0.15, 0.2) is 0 Å². The lowest BCUT2D eigenvalue weighted by Crippen LogP contribution is -2.51. The SMILES string of the molecule is CC(C)(C)OC(=O)ON1CC(CO)C(c2ccc(COCCOCc3ccccc3)cc2)C(OCc2ccc3ccccc3c2)C1. The molecule has 4 aromatic rings. The lowest BCUT2D eigenvalue weighted by Gasteiger charge is -2.42. The summed E-state index contributed by atoms with van der Waals surface area (Å²) in [5, 5.41) is 14.4. The molecule has 1 aliphatic heterocycles. The van der Waals surface area contributed by atoms with Crippen molar-refractivity contribution in [3.05, 3.63) is 119 Å². The monoisotopic (exact) mass is 627 g/mol. The Morgan fingerprint density at radius 1 is 0.761 bits per heavy atom. The molecule has 1 N–H and O–H groups in total. The molecular weight excluding hydrogens is 582 g/mol. The molecule has 3 atom stereocenters. The molecule has 1 fully saturated rings. The Balaban J connectivity index is 1.23. The van der Waals surface area contributed by atoms with Crippen molar-refractivity contribution in [1.82, 2.24) is 5.06 Å². The molecule has 46 heavy (non-hydrogen) atoms. The van der Waals surface area contributed by atoms with Crippen molar-refractivity contribution in [3.63, 3.8) is 0 Å². The fourth-order valence-electron chi connectivity index (χ4n) is 5.77. The second-order valence-electron chi connectivity index (χ2n) is 12.7. The van der Waals surface area contributed by atoms with Crippen LogP contribution in [0.15, 0.2) is 97.1 Å². The van der Waals surface area contributed by atoms with Crippen molar-refractivity contribution in [3.8, 4) is 0 Å². The number of hydroxylamine groups is 2. The molecule has 1 heterocycles. The van der Waals surface area contributed by atoms with E-state index in [0.29, 0.717) is 46.1 Å². The number of aliphatic hydroxyl groups excluding tert-OH is 1. The smallest absolute Gasteiger partial charge is 0.427 e. The van der Waals surface area contributed by atoms with Crippen LogP contribution in [0.4, 0.5) is 4.79 Å². The minimum absolute atomic E-state index is 0.0947. The topological polar surface area (TPSA) is 86.7 Å². The first kappa shape index (κ1) is 33.6. The van der Waals surface area contributed by atoms with E-state index in [1.807, 2.05) is 42.5 Å². The summed E-state index contributed by atoms with van der Waals surface area (Å²) in [5.41, 5.74) is 3.60. The highest BCUT2D eigenvalue weighted by molar-refractivity contribution is 5.82. The van der Waals surface area contributed by atoms with E-state index in [0.717, 1.165) is 27.6 Å². The van der Waals surface area contributed by atoms with Crippen LogP contribution in [-0.4, -0.2) is 60.9 Å². The van der Waals surface area contributed by atoms with Crippen LogP contribution < -0.4 is 0 Å². The molecule has 0 spiro atoms. The summed E-state index contributed by atoms with van der Waals surface area (Å²) in [7, 11) is 0. The predicted molar refractivity (Wildman–Crippen MR) is 177 cm³/mol. The molecule has 1 aliphatic rings. The molecule has 0 amide bonds. The normalized spacial score (nSPS) is 18.8. The van der Waals surface area contributed by atoms with Gasteiger partial charge in [-0.3, -0.25) is 0 Å². The highest BCUT2D eigenvalue weighted by Gasteiger charge is 2.40. The van der Waals surface area contributed by atoms with E-state index < -0.39 is 11.8 Å². The number of fused-ring (bicyclic) bond motifs is 1. The Hall–Kier alpha value is -3.79. The summed E-state index contributed by atoms with van der Waals surface area (Å²) in [4.78, 5) is 18.1. The highest BCUT2D eigenvalue weighted by atomic mass is 16.8. The van der Waals surface area contributed by atoms with E-state index in [9.17, 15) is 9.90 Å². The van der Waals surface area contributed by atoms with Crippen LogP contribution in [0, 0.1) is 5.92 Å².